The van der Waals surface area contributed by atoms with Crippen molar-refractivity contribution in [2.45, 2.75) is 11.8 Å². The Labute approximate surface area is 196 Å². The SMILES string of the molecule is COc1ccc(OC)c(S(=O)(=O)Nc2ccc(-n3c(C)nc4ccccc4c3=O)cc2OC)c1. The fourth-order valence-corrected chi connectivity index (χ4v) is 4.90. The molecule has 0 aliphatic rings. The Kier molecular flexibility index (Phi) is 6.16. The molecule has 0 bridgehead atoms. The molecule has 0 atom stereocenters. The lowest BCUT2D eigenvalue weighted by Gasteiger charge is -2.17. The summed E-state index contributed by atoms with van der Waals surface area (Å²) in [6.07, 6.45) is 0. The van der Waals surface area contributed by atoms with Crippen LogP contribution in [0.1, 0.15) is 5.82 Å². The molecule has 4 aromatic rings. The van der Waals surface area contributed by atoms with E-state index in [0.29, 0.717) is 28.2 Å². The summed E-state index contributed by atoms with van der Waals surface area (Å²) in [4.78, 5) is 17.5. The van der Waals surface area contributed by atoms with Crippen LogP contribution in [0.3, 0.4) is 0 Å². The fraction of sp³-hybridized carbons (Fsp3) is 0.167. The molecule has 1 aromatic heterocycles. The number of anilines is 1. The molecular formula is C24H23N3O6S. The minimum Gasteiger partial charge on any atom is -0.497 e. The van der Waals surface area contributed by atoms with Gasteiger partial charge < -0.3 is 14.2 Å². The lowest BCUT2D eigenvalue weighted by Crippen LogP contribution is -2.22. The molecule has 0 fully saturated rings. The van der Waals surface area contributed by atoms with Gasteiger partial charge in [0.1, 0.15) is 28.0 Å². The molecule has 176 valence electrons. The molecule has 0 radical (unpaired) electrons. The van der Waals surface area contributed by atoms with E-state index in [2.05, 4.69) is 9.71 Å². The summed E-state index contributed by atoms with van der Waals surface area (Å²) in [5.74, 6) is 1.23. The Bertz CT molecular complexity index is 1550. The van der Waals surface area contributed by atoms with Crippen LogP contribution >= 0.6 is 0 Å². The maximum atomic E-state index is 13.2. The summed E-state index contributed by atoms with van der Waals surface area (Å²) in [7, 11) is 0.180. The molecule has 1 heterocycles. The number of ether oxygens (including phenoxy) is 3. The van der Waals surface area contributed by atoms with E-state index in [9.17, 15) is 13.2 Å². The third kappa shape index (κ3) is 4.15. The summed E-state index contributed by atoms with van der Waals surface area (Å²) in [5, 5.41) is 0.474. The zero-order valence-corrected chi connectivity index (χ0v) is 19.8. The molecular weight excluding hydrogens is 458 g/mol. The maximum Gasteiger partial charge on any atom is 0.265 e. The number of aromatic nitrogens is 2. The molecule has 0 aliphatic carbocycles. The highest BCUT2D eigenvalue weighted by molar-refractivity contribution is 7.92. The van der Waals surface area contributed by atoms with Crippen molar-refractivity contribution in [2.24, 2.45) is 0 Å². The van der Waals surface area contributed by atoms with Gasteiger partial charge in [-0.25, -0.2) is 13.4 Å². The second kappa shape index (κ2) is 9.06. The number of fused-ring (bicyclic) bond motifs is 1. The van der Waals surface area contributed by atoms with Gasteiger partial charge in [0.05, 0.1) is 43.6 Å². The molecule has 0 amide bonds. The third-order valence-electron chi connectivity index (χ3n) is 5.29. The second-order valence-corrected chi connectivity index (χ2v) is 8.97. The van der Waals surface area contributed by atoms with Gasteiger partial charge >= 0.3 is 0 Å². The van der Waals surface area contributed by atoms with Crippen LogP contribution in [0.15, 0.2) is 70.4 Å². The van der Waals surface area contributed by atoms with Gasteiger partial charge in [-0.3, -0.25) is 14.1 Å². The summed E-state index contributed by atoms with van der Waals surface area (Å²) in [6, 6.07) is 16.3. The standard InChI is InChI=1S/C24H23N3O6S/c1-15-25-19-8-6-5-7-18(19)24(28)27(15)16-9-11-20(22(13-16)33-4)26-34(29,30)23-14-17(31-2)10-12-21(23)32-3/h5-14,26H,1-4H3. The number of nitrogens with zero attached hydrogens (tertiary/aromatic N) is 2. The number of methoxy groups -OCH3 is 3. The molecule has 0 spiro atoms. The minimum atomic E-state index is -4.06. The van der Waals surface area contributed by atoms with Crippen molar-refractivity contribution in [3.63, 3.8) is 0 Å². The summed E-state index contributed by atoms with van der Waals surface area (Å²) in [5.41, 5.74) is 1.04. The van der Waals surface area contributed by atoms with Crippen LogP contribution in [0.25, 0.3) is 16.6 Å². The second-order valence-electron chi connectivity index (χ2n) is 7.32. The zero-order chi connectivity index (χ0) is 24.5. The number of nitrogens with one attached hydrogen (secondary N) is 1. The molecule has 0 saturated carbocycles. The summed E-state index contributed by atoms with van der Waals surface area (Å²) < 4.78 is 46.1. The smallest absolute Gasteiger partial charge is 0.265 e. The van der Waals surface area contributed by atoms with Crippen molar-refractivity contribution in [2.75, 3.05) is 26.1 Å². The van der Waals surface area contributed by atoms with Crippen LogP contribution in [0.5, 0.6) is 17.2 Å². The van der Waals surface area contributed by atoms with Gasteiger partial charge in [-0.05, 0) is 43.3 Å². The molecule has 0 saturated heterocycles. The predicted octanol–water partition coefficient (Wildman–Crippen LogP) is 3.52. The Morgan fingerprint density at radius 3 is 2.32 bits per heavy atom. The quantitative estimate of drug-likeness (QED) is 0.430. The van der Waals surface area contributed by atoms with E-state index >= 15 is 0 Å². The highest BCUT2D eigenvalue weighted by Crippen LogP contribution is 2.33. The van der Waals surface area contributed by atoms with Gasteiger partial charge in [0.25, 0.3) is 15.6 Å². The van der Waals surface area contributed by atoms with Crippen molar-refractivity contribution in [1.82, 2.24) is 9.55 Å². The highest BCUT2D eigenvalue weighted by Gasteiger charge is 2.23. The number of aryl methyl sites for hydroxylation is 1. The zero-order valence-electron chi connectivity index (χ0n) is 19.0. The van der Waals surface area contributed by atoms with E-state index in [0.717, 1.165) is 0 Å². The normalized spacial score (nSPS) is 11.3. The molecule has 9 nitrogen and oxygen atoms in total. The van der Waals surface area contributed by atoms with Gasteiger partial charge in [-0.15, -0.1) is 0 Å². The Morgan fingerprint density at radius 1 is 0.882 bits per heavy atom. The van der Waals surface area contributed by atoms with Crippen molar-refractivity contribution in [3.05, 3.63) is 76.8 Å². The van der Waals surface area contributed by atoms with Crippen LogP contribution in [-0.4, -0.2) is 39.3 Å². The first-order valence-electron chi connectivity index (χ1n) is 10.2. The summed E-state index contributed by atoms with van der Waals surface area (Å²) in [6.45, 7) is 1.73. The maximum absolute atomic E-state index is 13.2. The molecule has 3 aromatic carbocycles. The van der Waals surface area contributed by atoms with Crippen molar-refractivity contribution in [1.29, 1.82) is 0 Å². The van der Waals surface area contributed by atoms with Gasteiger partial charge in [-0.1, -0.05) is 12.1 Å². The highest BCUT2D eigenvalue weighted by atomic mass is 32.2. The number of hydrogen-bond donors (Lipinski definition) is 1. The molecule has 34 heavy (non-hydrogen) atoms. The number of sulfonamides is 1. The first-order chi connectivity index (χ1) is 16.3. The lowest BCUT2D eigenvalue weighted by atomic mass is 10.2. The third-order valence-corrected chi connectivity index (χ3v) is 6.68. The van der Waals surface area contributed by atoms with Crippen LogP contribution in [-0.2, 0) is 10.0 Å². The van der Waals surface area contributed by atoms with E-state index < -0.39 is 10.0 Å². The molecule has 1 N–H and O–H groups in total. The molecule has 10 heteroatoms. The Balaban J connectivity index is 1.78. The van der Waals surface area contributed by atoms with Crippen LogP contribution in [0, 0.1) is 6.92 Å². The Morgan fingerprint density at radius 2 is 1.62 bits per heavy atom. The van der Waals surface area contributed by atoms with E-state index in [1.807, 2.05) is 6.07 Å². The lowest BCUT2D eigenvalue weighted by molar-refractivity contribution is 0.392. The van der Waals surface area contributed by atoms with Crippen molar-refractivity contribution < 1.29 is 22.6 Å². The average molecular weight is 482 g/mol. The minimum absolute atomic E-state index is 0.0914. The largest absolute Gasteiger partial charge is 0.497 e. The van der Waals surface area contributed by atoms with E-state index in [1.54, 1.807) is 43.3 Å². The van der Waals surface area contributed by atoms with Crippen LogP contribution < -0.4 is 24.5 Å². The number of rotatable bonds is 7. The average Bonchev–Trinajstić information content (AvgIpc) is 2.84. The fourth-order valence-electron chi connectivity index (χ4n) is 3.64. The van der Waals surface area contributed by atoms with Crippen LogP contribution in [0.4, 0.5) is 5.69 Å². The predicted molar refractivity (Wildman–Crippen MR) is 129 cm³/mol. The molecule has 0 unspecified atom stereocenters. The first kappa shape index (κ1) is 23.1. The first-order valence-corrected chi connectivity index (χ1v) is 11.7. The molecule has 4 rings (SSSR count). The van der Waals surface area contributed by atoms with Crippen molar-refractivity contribution >= 4 is 26.6 Å². The van der Waals surface area contributed by atoms with Gasteiger partial charge in [0, 0.05) is 12.1 Å². The van der Waals surface area contributed by atoms with Gasteiger partial charge in [0.2, 0.25) is 0 Å². The van der Waals surface area contributed by atoms with E-state index in [-0.39, 0.29) is 27.6 Å². The van der Waals surface area contributed by atoms with Gasteiger partial charge in [-0.2, -0.15) is 0 Å². The summed E-state index contributed by atoms with van der Waals surface area (Å²) >= 11 is 0. The van der Waals surface area contributed by atoms with Crippen LogP contribution in [0.2, 0.25) is 0 Å². The van der Waals surface area contributed by atoms with E-state index in [1.165, 1.54) is 44.1 Å². The number of para-hydroxylation sites is 1. The number of benzene rings is 3. The molecule has 0 aliphatic heterocycles. The Hall–Kier alpha value is -4.05. The number of hydrogen-bond acceptors (Lipinski definition) is 7. The van der Waals surface area contributed by atoms with E-state index in [4.69, 9.17) is 14.2 Å². The topological polar surface area (TPSA) is 109 Å². The van der Waals surface area contributed by atoms with Crippen molar-refractivity contribution in [3.8, 4) is 22.9 Å². The monoisotopic (exact) mass is 481 g/mol. The van der Waals surface area contributed by atoms with Gasteiger partial charge in [0.15, 0.2) is 0 Å².